The first kappa shape index (κ1) is 46.0. The number of allylic oxidation sites excluding steroid dienone is 4. The van der Waals surface area contributed by atoms with E-state index < -0.39 is 0 Å². The molecule has 0 saturated carbocycles. The van der Waals surface area contributed by atoms with Gasteiger partial charge in [0.1, 0.15) is 0 Å². The number of hydrogen-bond acceptors (Lipinski definition) is 0. The molecule has 0 saturated heterocycles. The van der Waals surface area contributed by atoms with Gasteiger partial charge >= 0.3 is 133 Å². The molecule has 0 amide bonds. The molecule has 0 nitrogen and oxygen atoms in total. The van der Waals surface area contributed by atoms with E-state index in [1.54, 1.807) is 0 Å². The van der Waals surface area contributed by atoms with Gasteiger partial charge in [0.05, 0.1) is 0 Å². The fourth-order valence-electron chi connectivity index (χ4n) is 7.69. The van der Waals surface area contributed by atoms with E-state index >= 15 is 0 Å². The van der Waals surface area contributed by atoms with Crippen LogP contribution in [-0.4, -0.2) is 3.21 Å². The van der Waals surface area contributed by atoms with Crippen molar-refractivity contribution in [1.29, 1.82) is 0 Å². The van der Waals surface area contributed by atoms with Crippen molar-refractivity contribution in [1.82, 2.24) is 0 Å². The predicted octanol–water partition coefficient (Wildman–Crippen LogP) is 8.91. The van der Waals surface area contributed by atoms with Crippen molar-refractivity contribution in [2.45, 2.75) is 65.2 Å². The van der Waals surface area contributed by atoms with E-state index in [2.05, 4.69) is 187 Å². The topological polar surface area (TPSA) is 0 Å². The quantitative estimate of drug-likeness (QED) is 0.155. The van der Waals surface area contributed by atoms with Crippen molar-refractivity contribution >= 4 is 25.6 Å². The summed E-state index contributed by atoms with van der Waals surface area (Å²) in [5.74, 6) is 0. The SMILES string of the molecule is CC(C)(C)c1cc2c([c-]c1-c1ccccc1)Cc1cc(-c3ccccc3)c(C(C)(C)C)cc1-2.Clc1cccc([C](=[Zr+2])c2cccc3ccccc23)c1.[C-]1=CC=CC1.[Cl-].[Cl-]. The summed E-state index contributed by atoms with van der Waals surface area (Å²) in [5.41, 5.74) is 16.0. The second-order valence-electron chi connectivity index (χ2n) is 16.8. The Hall–Kier alpha value is -4.10. The average molecular weight is 908 g/mol. The Morgan fingerprint density at radius 1 is 0.610 bits per heavy atom. The molecule has 0 bridgehead atoms. The molecule has 0 heterocycles. The van der Waals surface area contributed by atoms with Crippen LogP contribution in [0.3, 0.4) is 0 Å². The first-order valence-electron chi connectivity index (χ1n) is 19.8. The van der Waals surface area contributed by atoms with E-state index in [0.717, 1.165) is 17.9 Å². The number of halogens is 3. The molecule has 2 aliphatic rings. The maximum absolute atomic E-state index is 6.09. The largest absolute Gasteiger partial charge is 1.00 e. The molecule has 0 spiro atoms. The molecule has 0 radical (unpaired) electrons. The molecule has 9 rings (SSSR count). The van der Waals surface area contributed by atoms with Crippen LogP contribution in [0.15, 0.2) is 164 Å². The molecule has 4 heteroatoms. The maximum atomic E-state index is 6.09. The summed E-state index contributed by atoms with van der Waals surface area (Å²) in [6.07, 6.45) is 10.9. The van der Waals surface area contributed by atoms with Gasteiger partial charge in [-0.15, -0.1) is 35.2 Å². The van der Waals surface area contributed by atoms with Crippen LogP contribution in [0.2, 0.25) is 5.02 Å². The van der Waals surface area contributed by atoms with Crippen LogP contribution in [-0.2, 0) is 41.5 Å². The van der Waals surface area contributed by atoms with Crippen molar-refractivity contribution in [3.63, 3.8) is 0 Å². The van der Waals surface area contributed by atoms with Crippen LogP contribution < -0.4 is 24.8 Å². The van der Waals surface area contributed by atoms with Gasteiger partial charge in [0, 0.05) is 0 Å². The molecular formula is C55H49Cl3Zr-2. The standard InChI is InChI=1S/C33H33.C17H11Cl.C5H5.2ClH.Zr/c1-32(2,3)30-20-26-24(18-28(30)22-13-9-7-10-14-22)17-25-19-29(23-15-11-8-12-16-23)31(21-27(25)26)33(4,5)6;18-16-9-3-5-13(12-16)11-15-8-4-7-14-6-1-2-10-17(14)15;1-2-4-5-3-1;;;/h7-16,18,20-21H,17H2,1-6H3;1-10,12H;1-3H,4H2;2*1H;/q-1;;-1;;;+2/p-2. The fraction of sp³-hybridized carbons (Fsp3) is 0.182. The van der Waals surface area contributed by atoms with E-state index in [1.807, 2.05) is 30.4 Å². The van der Waals surface area contributed by atoms with Crippen molar-refractivity contribution in [2.75, 3.05) is 0 Å². The molecule has 0 N–H and O–H groups in total. The van der Waals surface area contributed by atoms with E-state index in [4.69, 9.17) is 11.6 Å². The van der Waals surface area contributed by atoms with E-state index in [9.17, 15) is 0 Å². The van der Waals surface area contributed by atoms with Gasteiger partial charge in [-0.25, -0.2) is 12.2 Å². The van der Waals surface area contributed by atoms with Crippen molar-refractivity contribution in [2.24, 2.45) is 0 Å². The van der Waals surface area contributed by atoms with Gasteiger partial charge in [0.2, 0.25) is 0 Å². The molecule has 0 aromatic heterocycles. The van der Waals surface area contributed by atoms with Gasteiger partial charge in [0.15, 0.2) is 0 Å². The Morgan fingerprint density at radius 2 is 1.22 bits per heavy atom. The summed E-state index contributed by atoms with van der Waals surface area (Å²) in [7, 11) is 0. The molecule has 59 heavy (non-hydrogen) atoms. The zero-order chi connectivity index (χ0) is 40.2. The van der Waals surface area contributed by atoms with E-state index in [-0.39, 0.29) is 35.6 Å². The Morgan fingerprint density at radius 3 is 1.83 bits per heavy atom. The summed E-state index contributed by atoms with van der Waals surface area (Å²) in [4.78, 5) is 0. The minimum atomic E-state index is 0. The van der Waals surface area contributed by atoms with Crippen molar-refractivity contribution in [3.05, 3.63) is 214 Å². The normalized spacial score (nSPS) is 12.2. The van der Waals surface area contributed by atoms with Gasteiger partial charge in [0.25, 0.3) is 0 Å². The van der Waals surface area contributed by atoms with Crippen molar-refractivity contribution < 1.29 is 49.0 Å². The molecule has 7 aromatic carbocycles. The van der Waals surface area contributed by atoms with Gasteiger partial charge in [-0.2, -0.15) is 6.08 Å². The third-order valence-corrected chi connectivity index (χ3v) is 12.2. The van der Waals surface area contributed by atoms with Crippen LogP contribution in [0.5, 0.6) is 0 Å². The molecule has 7 aromatic rings. The van der Waals surface area contributed by atoms with Crippen LogP contribution >= 0.6 is 11.6 Å². The summed E-state index contributed by atoms with van der Waals surface area (Å²) >= 11 is 7.49. The molecule has 296 valence electrons. The van der Waals surface area contributed by atoms with Gasteiger partial charge in [-0.05, 0) is 39.5 Å². The molecule has 2 aliphatic carbocycles. The predicted molar refractivity (Wildman–Crippen MR) is 242 cm³/mol. The Labute approximate surface area is 384 Å². The summed E-state index contributed by atoms with van der Waals surface area (Å²) < 4.78 is 1.34. The second-order valence-corrected chi connectivity index (χ2v) is 18.5. The van der Waals surface area contributed by atoms with Gasteiger partial charge < -0.3 is 24.8 Å². The summed E-state index contributed by atoms with van der Waals surface area (Å²) in [6.45, 7) is 13.9. The van der Waals surface area contributed by atoms with Gasteiger partial charge in [-0.3, -0.25) is 6.08 Å². The van der Waals surface area contributed by atoms with E-state index in [1.165, 1.54) is 105 Å². The molecule has 0 atom stereocenters. The first-order chi connectivity index (χ1) is 27.4. The monoisotopic (exact) mass is 904 g/mol. The summed E-state index contributed by atoms with van der Waals surface area (Å²) in [5, 5.41) is 3.37. The molecule has 0 aliphatic heterocycles. The Bertz CT molecular complexity index is 2490. The zero-order valence-corrected chi connectivity index (χ0v) is 39.4. The first-order valence-corrected chi connectivity index (χ1v) is 21.4. The molecule has 0 unspecified atom stereocenters. The molecule has 0 fully saturated rings. The number of rotatable bonds is 4. The zero-order valence-electron chi connectivity index (χ0n) is 34.6. The fourth-order valence-corrected chi connectivity index (χ4v) is 8.79. The maximum Gasteiger partial charge on any atom is -0.109 e. The Kier molecular flexibility index (Phi) is 15.6. The second kappa shape index (κ2) is 20.0. The minimum absolute atomic E-state index is 0. The number of benzene rings is 7. The van der Waals surface area contributed by atoms with Gasteiger partial charge in [-0.1, -0.05) is 131 Å². The number of hydrogen-bond donors (Lipinski definition) is 0. The van der Waals surface area contributed by atoms with Crippen LogP contribution in [0.25, 0.3) is 44.2 Å². The van der Waals surface area contributed by atoms with Crippen molar-refractivity contribution in [3.8, 4) is 33.4 Å². The minimum Gasteiger partial charge on any atom is -1.00 e. The van der Waals surface area contributed by atoms with Crippen LogP contribution in [0.4, 0.5) is 0 Å². The molecular weight excluding hydrogens is 858 g/mol. The van der Waals surface area contributed by atoms with E-state index in [0.29, 0.717) is 0 Å². The van der Waals surface area contributed by atoms with Crippen LogP contribution in [0, 0.1) is 12.1 Å². The number of fused-ring (bicyclic) bond motifs is 4. The third kappa shape index (κ3) is 10.8. The summed E-state index contributed by atoms with van der Waals surface area (Å²) in [6, 6.07) is 55.9. The smallest absolute Gasteiger partial charge is 0.109 e. The van der Waals surface area contributed by atoms with Crippen LogP contribution in [0.1, 0.15) is 81.3 Å². The Balaban J connectivity index is 0.000000214. The average Bonchev–Trinajstić information content (AvgIpc) is 3.92. The third-order valence-electron chi connectivity index (χ3n) is 10.6.